The third kappa shape index (κ3) is 6.12. The van der Waals surface area contributed by atoms with Crippen LogP contribution in [-0.4, -0.2) is 28.9 Å². The molecule has 3 rings (SSSR count). The van der Waals surface area contributed by atoms with Crippen LogP contribution in [0.3, 0.4) is 0 Å². The maximum absolute atomic E-state index is 12.2. The van der Waals surface area contributed by atoms with Crippen molar-refractivity contribution in [3.63, 3.8) is 0 Å². The zero-order valence-corrected chi connectivity index (χ0v) is 17.9. The van der Waals surface area contributed by atoms with Crippen molar-refractivity contribution in [3.8, 4) is 11.5 Å². The standard InChI is InChI=1S/C23H24ClN3O3/c1-16(2)30-20-10-6-17(14-21(20)29-3)7-11-23(28)25-22-12-13-27(26-22)15-18-4-8-19(24)9-5-18/h4-14,16H,15H2,1-3H3,(H,25,26,28). The van der Waals surface area contributed by atoms with Crippen molar-refractivity contribution in [3.05, 3.63) is 77.0 Å². The molecule has 0 saturated heterocycles. The van der Waals surface area contributed by atoms with E-state index in [1.165, 1.54) is 6.08 Å². The summed E-state index contributed by atoms with van der Waals surface area (Å²) in [6.07, 6.45) is 5.02. The van der Waals surface area contributed by atoms with Gasteiger partial charge in [0.15, 0.2) is 17.3 Å². The summed E-state index contributed by atoms with van der Waals surface area (Å²) < 4.78 is 12.8. The molecule has 0 aliphatic rings. The Balaban J connectivity index is 1.59. The summed E-state index contributed by atoms with van der Waals surface area (Å²) in [5.41, 5.74) is 1.89. The van der Waals surface area contributed by atoms with Gasteiger partial charge in [0.1, 0.15) is 0 Å². The van der Waals surface area contributed by atoms with Crippen LogP contribution in [0.25, 0.3) is 6.08 Å². The zero-order chi connectivity index (χ0) is 21.5. The van der Waals surface area contributed by atoms with Gasteiger partial charge >= 0.3 is 0 Å². The summed E-state index contributed by atoms with van der Waals surface area (Å²) in [5, 5.41) is 7.82. The zero-order valence-electron chi connectivity index (χ0n) is 17.1. The molecule has 6 nitrogen and oxygen atoms in total. The molecule has 1 heterocycles. The minimum Gasteiger partial charge on any atom is -0.493 e. The first-order valence-electron chi connectivity index (χ1n) is 9.54. The van der Waals surface area contributed by atoms with Crippen LogP contribution >= 0.6 is 11.6 Å². The van der Waals surface area contributed by atoms with Crippen molar-refractivity contribution in [1.82, 2.24) is 9.78 Å². The molecule has 30 heavy (non-hydrogen) atoms. The molecule has 0 radical (unpaired) electrons. The number of ether oxygens (including phenoxy) is 2. The Kier molecular flexibility index (Phi) is 7.14. The number of methoxy groups -OCH3 is 1. The van der Waals surface area contributed by atoms with E-state index in [2.05, 4.69) is 10.4 Å². The highest BCUT2D eigenvalue weighted by molar-refractivity contribution is 6.30. The minimum absolute atomic E-state index is 0.0468. The van der Waals surface area contributed by atoms with E-state index in [0.29, 0.717) is 28.9 Å². The van der Waals surface area contributed by atoms with Gasteiger partial charge in [0.2, 0.25) is 5.91 Å². The lowest BCUT2D eigenvalue weighted by atomic mass is 10.2. The van der Waals surface area contributed by atoms with Gasteiger partial charge in [0, 0.05) is 23.4 Å². The molecular formula is C23H24ClN3O3. The van der Waals surface area contributed by atoms with E-state index in [4.69, 9.17) is 21.1 Å². The molecule has 0 spiro atoms. The van der Waals surface area contributed by atoms with Crippen LogP contribution in [0.2, 0.25) is 5.02 Å². The molecule has 0 unspecified atom stereocenters. The van der Waals surface area contributed by atoms with E-state index in [9.17, 15) is 4.79 Å². The Bertz CT molecular complexity index is 1030. The van der Waals surface area contributed by atoms with Crippen molar-refractivity contribution < 1.29 is 14.3 Å². The highest BCUT2D eigenvalue weighted by atomic mass is 35.5. The summed E-state index contributed by atoms with van der Waals surface area (Å²) in [6.45, 7) is 4.50. The molecule has 156 valence electrons. The predicted molar refractivity (Wildman–Crippen MR) is 119 cm³/mol. The molecule has 3 aromatic rings. The van der Waals surface area contributed by atoms with Crippen molar-refractivity contribution >= 4 is 29.4 Å². The highest BCUT2D eigenvalue weighted by Crippen LogP contribution is 2.29. The fourth-order valence-corrected chi connectivity index (χ4v) is 2.90. The monoisotopic (exact) mass is 425 g/mol. The third-order valence-corrected chi connectivity index (χ3v) is 4.38. The van der Waals surface area contributed by atoms with Gasteiger partial charge in [-0.1, -0.05) is 29.8 Å². The second-order valence-corrected chi connectivity index (χ2v) is 7.36. The Hall–Kier alpha value is -3.25. The molecule has 0 saturated carbocycles. The summed E-state index contributed by atoms with van der Waals surface area (Å²) in [6, 6.07) is 14.8. The van der Waals surface area contributed by atoms with E-state index < -0.39 is 0 Å². The van der Waals surface area contributed by atoms with Crippen LogP contribution in [0.1, 0.15) is 25.0 Å². The Morgan fingerprint density at radius 2 is 1.93 bits per heavy atom. The molecule has 0 bridgehead atoms. The number of halogens is 1. The molecule has 1 amide bonds. The Morgan fingerprint density at radius 1 is 1.17 bits per heavy atom. The van der Waals surface area contributed by atoms with E-state index in [-0.39, 0.29) is 12.0 Å². The summed E-state index contributed by atoms with van der Waals surface area (Å²) in [5.74, 6) is 1.50. The smallest absolute Gasteiger partial charge is 0.249 e. The predicted octanol–water partition coefficient (Wildman–Crippen LogP) is 5.03. The first kappa shape index (κ1) is 21.5. The first-order valence-corrected chi connectivity index (χ1v) is 9.92. The molecule has 1 N–H and O–H groups in total. The van der Waals surface area contributed by atoms with E-state index in [1.54, 1.807) is 23.9 Å². The van der Waals surface area contributed by atoms with Crippen LogP contribution in [0, 0.1) is 0 Å². The summed E-state index contributed by atoms with van der Waals surface area (Å²) >= 11 is 5.90. The van der Waals surface area contributed by atoms with Crippen molar-refractivity contribution in [2.45, 2.75) is 26.5 Å². The van der Waals surface area contributed by atoms with E-state index >= 15 is 0 Å². The van der Waals surface area contributed by atoms with Gasteiger partial charge in [0.05, 0.1) is 19.8 Å². The van der Waals surface area contributed by atoms with Crippen LogP contribution in [-0.2, 0) is 11.3 Å². The van der Waals surface area contributed by atoms with Crippen molar-refractivity contribution in [2.75, 3.05) is 12.4 Å². The lowest BCUT2D eigenvalue weighted by Crippen LogP contribution is -2.09. The number of benzene rings is 2. The van der Waals surface area contributed by atoms with Crippen LogP contribution < -0.4 is 14.8 Å². The Morgan fingerprint density at radius 3 is 2.63 bits per heavy atom. The minimum atomic E-state index is -0.270. The quantitative estimate of drug-likeness (QED) is 0.514. The molecular weight excluding hydrogens is 402 g/mol. The Labute approximate surface area is 181 Å². The van der Waals surface area contributed by atoms with Crippen molar-refractivity contribution in [1.29, 1.82) is 0 Å². The topological polar surface area (TPSA) is 65.4 Å². The molecule has 1 aromatic heterocycles. The summed E-state index contributed by atoms with van der Waals surface area (Å²) in [7, 11) is 1.59. The molecule has 0 aliphatic heterocycles. The van der Waals surface area contributed by atoms with Gasteiger partial charge in [-0.15, -0.1) is 0 Å². The maximum atomic E-state index is 12.2. The summed E-state index contributed by atoms with van der Waals surface area (Å²) in [4.78, 5) is 12.2. The largest absolute Gasteiger partial charge is 0.493 e. The van der Waals surface area contributed by atoms with Gasteiger partial charge in [-0.3, -0.25) is 9.48 Å². The number of hydrogen-bond acceptors (Lipinski definition) is 4. The lowest BCUT2D eigenvalue weighted by molar-refractivity contribution is -0.111. The third-order valence-electron chi connectivity index (χ3n) is 4.13. The lowest BCUT2D eigenvalue weighted by Gasteiger charge is -2.13. The number of aromatic nitrogens is 2. The number of amides is 1. The van der Waals surface area contributed by atoms with Crippen molar-refractivity contribution in [2.24, 2.45) is 0 Å². The maximum Gasteiger partial charge on any atom is 0.249 e. The molecule has 0 fully saturated rings. The fourth-order valence-electron chi connectivity index (χ4n) is 2.77. The molecule has 2 aromatic carbocycles. The SMILES string of the molecule is COc1cc(C=CC(=O)Nc2ccn(Cc3ccc(Cl)cc3)n2)ccc1OC(C)C. The molecule has 0 aliphatic carbocycles. The number of nitrogens with zero attached hydrogens (tertiary/aromatic N) is 2. The van der Waals surface area contributed by atoms with Crippen LogP contribution in [0.5, 0.6) is 11.5 Å². The molecule has 7 heteroatoms. The van der Waals surface area contributed by atoms with E-state index in [1.807, 2.05) is 62.5 Å². The normalized spacial score (nSPS) is 11.1. The average Bonchev–Trinajstić information content (AvgIpc) is 3.15. The number of carbonyl (C=O) groups excluding carboxylic acids is 1. The second-order valence-electron chi connectivity index (χ2n) is 6.92. The van der Waals surface area contributed by atoms with Gasteiger partial charge < -0.3 is 14.8 Å². The number of nitrogens with one attached hydrogen (secondary N) is 1. The fraction of sp³-hybridized carbons (Fsp3) is 0.217. The van der Waals surface area contributed by atoms with Gasteiger partial charge in [-0.2, -0.15) is 5.10 Å². The average molecular weight is 426 g/mol. The highest BCUT2D eigenvalue weighted by Gasteiger charge is 2.07. The number of rotatable bonds is 8. The van der Waals surface area contributed by atoms with Crippen LogP contribution in [0.15, 0.2) is 60.8 Å². The van der Waals surface area contributed by atoms with Gasteiger partial charge in [-0.25, -0.2) is 0 Å². The molecule has 0 atom stereocenters. The van der Waals surface area contributed by atoms with Gasteiger partial charge in [-0.05, 0) is 55.3 Å². The van der Waals surface area contributed by atoms with Gasteiger partial charge in [0.25, 0.3) is 0 Å². The van der Waals surface area contributed by atoms with E-state index in [0.717, 1.165) is 11.1 Å². The number of carbonyl (C=O) groups is 1. The number of hydrogen-bond donors (Lipinski definition) is 1. The first-order chi connectivity index (χ1) is 14.4. The number of anilines is 1. The van der Waals surface area contributed by atoms with Crippen LogP contribution in [0.4, 0.5) is 5.82 Å². The second kappa shape index (κ2) is 9.98.